The fourth-order valence-corrected chi connectivity index (χ4v) is 2.77. The van der Waals surface area contributed by atoms with Crippen LogP contribution in [0.4, 0.5) is 14.9 Å². The minimum Gasteiger partial charge on any atom is -0.476 e. The van der Waals surface area contributed by atoms with E-state index in [0.29, 0.717) is 12.2 Å². The monoisotopic (exact) mass is 343 g/mol. The summed E-state index contributed by atoms with van der Waals surface area (Å²) < 4.78 is 15.1. The second-order valence-corrected chi connectivity index (χ2v) is 5.71. The van der Waals surface area contributed by atoms with E-state index >= 15 is 0 Å². The average Bonchev–Trinajstić information content (AvgIpc) is 2.98. The number of nitriles is 1. The van der Waals surface area contributed by atoms with Crippen LogP contribution in [0.5, 0.6) is 0 Å². The quantitative estimate of drug-likeness (QED) is 0.866. The number of carboxylic acids is 1. The van der Waals surface area contributed by atoms with Crippen LogP contribution in [0.3, 0.4) is 0 Å². The lowest BCUT2D eigenvalue weighted by molar-refractivity contribution is 0.0686. The molecule has 1 aromatic heterocycles. The highest BCUT2D eigenvalue weighted by molar-refractivity contribution is 5.90. The standard InChI is InChI=1S/C16H14FN5O3/c1-9-6-21-8-19-14(15(23)24)13(21)7-22(9)16(25)20-11-2-3-12(17)10(4-11)5-18/h2-4,8-9H,6-7H2,1H3,(H,20,25)(H,23,24)/t9-/m0/s1. The van der Waals surface area contributed by atoms with Crippen LogP contribution < -0.4 is 5.32 Å². The summed E-state index contributed by atoms with van der Waals surface area (Å²) in [6.07, 6.45) is 1.45. The van der Waals surface area contributed by atoms with Crippen LogP contribution in [0.25, 0.3) is 0 Å². The first-order valence-electron chi connectivity index (χ1n) is 7.45. The Kier molecular flexibility index (Phi) is 4.10. The van der Waals surface area contributed by atoms with Crippen molar-refractivity contribution in [3.8, 4) is 6.07 Å². The van der Waals surface area contributed by atoms with Crippen LogP contribution in [0, 0.1) is 17.1 Å². The number of aromatic carboxylic acids is 1. The fraction of sp³-hybridized carbons (Fsp3) is 0.250. The van der Waals surface area contributed by atoms with Gasteiger partial charge in [-0.15, -0.1) is 0 Å². The summed E-state index contributed by atoms with van der Waals surface area (Å²) in [4.78, 5) is 29.1. The Morgan fingerprint density at radius 2 is 2.24 bits per heavy atom. The number of anilines is 1. The number of hydrogen-bond acceptors (Lipinski definition) is 4. The Bertz CT molecular complexity index is 902. The Labute approximate surface area is 142 Å². The molecule has 1 atom stereocenters. The van der Waals surface area contributed by atoms with E-state index in [1.165, 1.54) is 23.4 Å². The minimum absolute atomic E-state index is 0.0843. The number of aromatic nitrogens is 2. The number of benzene rings is 1. The molecule has 128 valence electrons. The summed E-state index contributed by atoms with van der Waals surface area (Å²) in [6, 6.07) is 4.75. The fourth-order valence-electron chi connectivity index (χ4n) is 2.77. The minimum atomic E-state index is -1.15. The van der Waals surface area contributed by atoms with Crippen molar-refractivity contribution < 1.29 is 19.1 Å². The number of carbonyl (C=O) groups is 2. The molecule has 3 rings (SSSR count). The molecule has 0 fully saturated rings. The smallest absolute Gasteiger partial charge is 0.356 e. The number of amides is 2. The highest BCUT2D eigenvalue weighted by Gasteiger charge is 2.31. The zero-order valence-electron chi connectivity index (χ0n) is 13.2. The van der Waals surface area contributed by atoms with E-state index in [4.69, 9.17) is 5.26 Å². The van der Waals surface area contributed by atoms with Crippen LogP contribution in [-0.4, -0.2) is 37.6 Å². The van der Waals surface area contributed by atoms with E-state index in [1.807, 2.05) is 6.92 Å². The SMILES string of the molecule is C[C@H]1Cn2cnc(C(=O)O)c2CN1C(=O)Nc1ccc(F)c(C#N)c1. The summed E-state index contributed by atoms with van der Waals surface area (Å²) in [5, 5.41) is 20.6. The summed E-state index contributed by atoms with van der Waals surface area (Å²) in [7, 11) is 0. The molecule has 1 aliphatic heterocycles. The Morgan fingerprint density at radius 3 is 2.92 bits per heavy atom. The first-order valence-corrected chi connectivity index (χ1v) is 7.45. The van der Waals surface area contributed by atoms with Gasteiger partial charge in [0.15, 0.2) is 5.69 Å². The molecule has 0 saturated heterocycles. The van der Waals surface area contributed by atoms with Crippen molar-refractivity contribution in [2.24, 2.45) is 0 Å². The molecular formula is C16H14FN5O3. The number of carboxylic acid groups (broad SMARTS) is 1. The van der Waals surface area contributed by atoms with Gasteiger partial charge in [0.25, 0.3) is 0 Å². The van der Waals surface area contributed by atoms with Gasteiger partial charge in [0.2, 0.25) is 0 Å². The van der Waals surface area contributed by atoms with Gasteiger partial charge in [-0.1, -0.05) is 0 Å². The molecule has 0 radical (unpaired) electrons. The molecule has 25 heavy (non-hydrogen) atoms. The summed E-state index contributed by atoms with van der Waals surface area (Å²) in [5.41, 5.74) is 0.472. The number of urea groups is 1. The second-order valence-electron chi connectivity index (χ2n) is 5.71. The molecule has 8 nitrogen and oxygen atoms in total. The van der Waals surface area contributed by atoms with Gasteiger partial charge in [-0.25, -0.2) is 19.0 Å². The molecule has 0 bridgehead atoms. The number of nitrogens with one attached hydrogen (secondary N) is 1. The molecule has 0 spiro atoms. The maximum Gasteiger partial charge on any atom is 0.356 e. The van der Waals surface area contributed by atoms with Crippen LogP contribution in [-0.2, 0) is 13.1 Å². The predicted molar refractivity (Wildman–Crippen MR) is 84.3 cm³/mol. The number of fused-ring (bicyclic) bond motifs is 1. The van der Waals surface area contributed by atoms with Gasteiger partial charge >= 0.3 is 12.0 Å². The van der Waals surface area contributed by atoms with E-state index in [-0.39, 0.29) is 29.5 Å². The molecule has 2 amide bonds. The van der Waals surface area contributed by atoms with Gasteiger partial charge in [0, 0.05) is 18.3 Å². The molecule has 1 aromatic carbocycles. The van der Waals surface area contributed by atoms with Gasteiger partial charge < -0.3 is 19.9 Å². The zero-order valence-corrected chi connectivity index (χ0v) is 13.2. The molecular weight excluding hydrogens is 329 g/mol. The zero-order chi connectivity index (χ0) is 18.1. The lowest BCUT2D eigenvalue weighted by Crippen LogP contribution is -2.46. The molecule has 2 aromatic rings. The largest absolute Gasteiger partial charge is 0.476 e. The number of halogens is 1. The number of rotatable bonds is 2. The van der Waals surface area contributed by atoms with Crippen LogP contribution in [0.2, 0.25) is 0 Å². The maximum absolute atomic E-state index is 13.4. The number of nitrogens with zero attached hydrogens (tertiary/aromatic N) is 4. The molecule has 0 aliphatic carbocycles. The van der Waals surface area contributed by atoms with Crippen molar-refractivity contribution >= 4 is 17.7 Å². The van der Waals surface area contributed by atoms with Gasteiger partial charge in [-0.3, -0.25) is 0 Å². The van der Waals surface area contributed by atoms with Crippen LogP contribution in [0.15, 0.2) is 24.5 Å². The van der Waals surface area contributed by atoms with Gasteiger partial charge in [0.05, 0.1) is 24.1 Å². The van der Waals surface area contributed by atoms with Gasteiger partial charge in [-0.05, 0) is 25.1 Å². The van der Waals surface area contributed by atoms with Crippen molar-refractivity contribution in [1.82, 2.24) is 14.5 Å². The second kappa shape index (κ2) is 6.24. The summed E-state index contributed by atoms with van der Waals surface area (Å²) in [6.45, 7) is 2.32. The molecule has 1 aliphatic rings. The lowest BCUT2D eigenvalue weighted by Gasteiger charge is -2.34. The third kappa shape index (κ3) is 3.01. The van der Waals surface area contributed by atoms with E-state index in [2.05, 4.69) is 10.3 Å². The normalized spacial score (nSPS) is 16.0. The van der Waals surface area contributed by atoms with Crippen molar-refractivity contribution in [2.45, 2.75) is 26.1 Å². The van der Waals surface area contributed by atoms with E-state index in [9.17, 15) is 19.1 Å². The predicted octanol–water partition coefficient (Wildman–Crippen LogP) is 2.03. The number of hydrogen-bond donors (Lipinski definition) is 2. The molecule has 2 heterocycles. The Hall–Kier alpha value is -3.41. The average molecular weight is 343 g/mol. The van der Waals surface area contributed by atoms with Gasteiger partial charge in [-0.2, -0.15) is 5.26 Å². The number of carbonyl (C=O) groups excluding carboxylic acids is 1. The third-order valence-electron chi connectivity index (χ3n) is 4.06. The third-order valence-corrected chi connectivity index (χ3v) is 4.06. The Morgan fingerprint density at radius 1 is 1.48 bits per heavy atom. The van der Waals surface area contributed by atoms with E-state index in [0.717, 1.165) is 6.07 Å². The van der Waals surface area contributed by atoms with E-state index < -0.39 is 17.8 Å². The lowest BCUT2D eigenvalue weighted by atomic mass is 10.1. The summed E-state index contributed by atoms with van der Waals surface area (Å²) >= 11 is 0. The first-order chi connectivity index (χ1) is 11.9. The van der Waals surface area contributed by atoms with Crippen molar-refractivity contribution in [1.29, 1.82) is 5.26 Å². The highest BCUT2D eigenvalue weighted by Crippen LogP contribution is 2.22. The maximum atomic E-state index is 13.4. The van der Waals surface area contributed by atoms with Crippen LogP contribution in [0.1, 0.15) is 28.7 Å². The van der Waals surface area contributed by atoms with Crippen molar-refractivity contribution in [2.75, 3.05) is 5.32 Å². The number of imidazole rings is 1. The van der Waals surface area contributed by atoms with Gasteiger partial charge in [0.1, 0.15) is 11.9 Å². The highest BCUT2D eigenvalue weighted by atomic mass is 19.1. The summed E-state index contributed by atoms with van der Waals surface area (Å²) in [5.74, 6) is -1.82. The van der Waals surface area contributed by atoms with Crippen molar-refractivity contribution in [3.63, 3.8) is 0 Å². The molecule has 9 heteroatoms. The van der Waals surface area contributed by atoms with Crippen LogP contribution >= 0.6 is 0 Å². The van der Waals surface area contributed by atoms with Crippen molar-refractivity contribution in [3.05, 3.63) is 47.3 Å². The molecule has 0 saturated carbocycles. The Balaban J connectivity index is 1.82. The first kappa shape index (κ1) is 16.4. The topological polar surface area (TPSA) is 111 Å². The molecule has 0 unspecified atom stereocenters. The molecule has 2 N–H and O–H groups in total. The van der Waals surface area contributed by atoms with E-state index in [1.54, 1.807) is 10.6 Å².